The fourth-order valence-electron chi connectivity index (χ4n) is 4.77. The van der Waals surface area contributed by atoms with E-state index in [9.17, 15) is 19.7 Å². The monoisotopic (exact) mass is 489 g/mol. The van der Waals surface area contributed by atoms with Crippen molar-refractivity contribution in [3.05, 3.63) is 101 Å². The van der Waals surface area contributed by atoms with Crippen LogP contribution in [-0.4, -0.2) is 22.4 Å². The van der Waals surface area contributed by atoms with E-state index in [0.717, 1.165) is 5.56 Å². The predicted octanol–water partition coefficient (Wildman–Crippen LogP) is 3.52. The Hall–Kier alpha value is -3.85. The van der Waals surface area contributed by atoms with E-state index in [0.29, 0.717) is 44.8 Å². The second kappa shape index (κ2) is 8.42. The van der Waals surface area contributed by atoms with Gasteiger partial charge in [0.25, 0.3) is 11.2 Å². The van der Waals surface area contributed by atoms with Gasteiger partial charge in [0.2, 0.25) is 0 Å². The molecular weight excluding hydrogens is 466 g/mol. The number of Topliss-reactive ketones (excluding diaryl/α,β-unsaturated/α-hetero) is 1. The molecule has 0 saturated carbocycles. The molecule has 8 nitrogen and oxygen atoms in total. The molecular formula is C26H23N3O5S. The van der Waals surface area contributed by atoms with Gasteiger partial charge in [-0.25, -0.2) is 4.99 Å². The number of methoxy groups -OCH3 is 1. The summed E-state index contributed by atoms with van der Waals surface area (Å²) in [5.74, 6) is 0.650. The molecule has 9 heteroatoms. The average molecular weight is 490 g/mol. The number of carbonyl (C=O) groups is 1. The van der Waals surface area contributed by atoms with Crippen molar-refractivity contribution in [2.75, 3.05) is 7.11 Å². The number of nitro groups is 1. The summed E-state index contributed by atoms with van der Waals surface area (Å²) in [4.78, 5) is 43.3. The number of allylic oxidation sites excluding steroid dienone is 2. The molecule has 1 aliphatic heterocycles. The first-order valence-electron chi connectivity index (χ1n) is 11.1. The standard InChI is InChI=1S/C26H23N3O5S/c1-26(2)13-18-22(20(30)14-26)23(15-8-10-17(34-3)11-9-15)28-24(31)21(35-25(28)27-18)12-16-6-4-5-7-19(16)29(32)33/h4-12,23H,13-14H2,1-3H3/b21-12+. The number of aromatic nitrogens is 1. The zero-order chi connectivity index (χ0) is 24.9. The number of para-hydroxylation sites is 1. The van der Waals surface area contributed by atoms with Crippen LogP contribution in [0, 0.1) is 15.5 Å². The molecule has 0 bridgehead atoms. The summed E-state index contributed by atoms with van der Waals surface area (Å²) in [6.45, 7) is 4.08. The van der Waals surface area contributed by atoms with Gasteiger partial charge in [-0.1, -0.05) is 49.4 Å². The summed E-state index contributed by atoms with van der Waals surface area (Å²) in [7, 11) is 1.58. The van der Waals surface area contributed by atoms with E-state index in [4.69, 9.17) is 9.73 Å². The van der Waals surface area contributed by atoms with Crippen LogP contribution >= 0.6 is 11.3 Å². The number of nitrogens with zero attached hydrogens (tertiary/aromatic N) is 3. The molecule has 0 spiro atoms. The van der Waals surface area contributed by atoms with Crippen LogP contribution in [0.25, 0.3) is 6.08 Å². The molecule has 2 aromatic carbocycles. The highest BCUT2D eigenvalue weighted by Gasteiger charge is 2.40. The van der Waals surface area contributed by atoms with Gasteiger partial charge >= 0.3 is 0 Å². The quantitative estimate of drug-likeness (QED) is 0.412. The maximum Gasteiger partial charge on any atom is 0.276 e. The number of thiazole rings is 1. The number of carbonyl (C=O) groups excluding carboxylic acids is 1. The van der Waals surface area contributed by atoms with Crippen LogP contribution in [0.2, 0.25) is 0 Å². The largest absolute Gasteiger partial charge is 0.497 e. The summed E-state index contributed by atoms with van der Waals surface area (Å²) in [6.07, 6.45) is 2.52. The van der Waals surface area contributed by atoms with Crippen molar-refractivity contribution in [1.29, 1.82) is 0 Å². The van der Waals surface area contributed by atoms with E-state index in [2.05, 4.69) is 0 Å². The Morgan fingerprint density at radius 2 is 1.86 bits per heavy atom. The zero-order valence-electron chi connectivity index (χ0n) is 19.5. The topological polar surface area (TPSA) is 104 Å². The number of hydrogen-bond acceptors (Lipinski definition) is 7. The van der Waals surface area contributed by atoms with Gasteiger partial charge in [0.15, 0.2) is 10.6 Å². The molecule has 1 aromatic heterocycles. The predicted molar refractivity (Wildman–Crippen MR) is 132 cm³/mol. The lowest BCUT2D eigenvalue weighted by molar-refractivity contribution is -0.385. The van der Waals surface area contributed by atoms with Crippen LogP contribution in [0.15, 0.2) is 69.6 Å². The number of hydrogen-bond donors (Lipinski definition) is 0. The molecule has 0 amide bonds. The summed E-state index contributed by atoms with van der Waals surface area (Å²) >= 11 is 1.18. The van der Waals surface area contributed by atoms with Crippen molar-refractivity contribution >= 4 is 28.9 Å². The highest BCUT2D eigenvalue weighted by atomic mass is 32.1. The molecule has 35 heavy (non-hydrogen) atoms. The molecule has 0 radical (unpaired) electrons. The smallest absolute Gasteiger partial charge is 0.276 e. The van der Waals surface area contributed by atoms with Crippen molar-refractivity contribution in [1.82, 2.24) is 4.57 Å². The Labute approximate surface area is 204 Å². The molecule has 3 aromatic rings. The highest BCUT2D eigenvalue weighted by Crippen LogP contribution is 2.43. The minimum absolute atomic E-state index is 0.0196. The van der Waals surface area contributed by atoms with Crippen LogP contribution in [0.1, 0.15) is 43.9 Å². The molecule has 1 atom stereocenters. The van der Waals surface area contributed by atoms with Crippen molar-refractivity contribution in [3.8, 4) is 5.75 Å². The van der Waals surface area contributed by atoms with Crippen LogP contribution in [0.4, 0.5) is 5.69 Å². The van der Waals surface area contributed by atoms with Crippen molar-refractivity contribution < 1.29 is 14.5 Å². The lowest BCUT2D eigenvalue weighted by atomic mass is 9.73. The lowest BCUT2D eigenvalue weighted by Gasteiger charge is -2.35. The number of benzene rings is 2. The first kappa shape index (κ1) is 22.9. The van der Waals surface area contributed by atoms with Crippen LogP contribution in [0.5, 0.6) is 5.75 Å². The van der Waals surface area contributed by atoms with Gasteiger partial charge in [-0.05, 0) is 41.7 Å². The Morgan fingerprint density at radius 1 is 1.14 bits per heavy atom. The zero-order valence-corrected chi connectivity index (χ0v) is 20.3. The number of rotatable bonds is 4. The Morgan fingerprint density at radius 3 is 2.54 bits per heavy atom. The van der Waals surface area contributed by atoms with E-state index >= 15 is 0 Å². The molecule has 1 aliphatic carbocycles. The maximum atomic E-state index is 13.7. The average Bonchev–Trinajstić information content (AvgIpc) is 3.11. The van der Waals surface area contributed by atoms with Gasteiger partial charge in [-0.2, -0.15) is 0 Å². The van der Waals surface area contributed by atoms with Crippen molar-refractivity contribution in [3.63, 3.8) is 0 Å². The van der Waals surface area contributed by atoms with E-state index < -0.39 is 11.0 Å². The minimum atomic E-state index is -0.622. The molecule has 2 aliphatic rings. The Bertz CT molecular complexity index is 1580. The molecule has 1 unspecified atom stereocenters. The maximum absolute atomic E-state index is 13.7. The third-order valence-corrected chi connectivity index (χ3v) is 7.33. The Kier molecular flexibility index (Phi) is 5.52. The minimum Gasteiger partial charge on any atom is -0.497 e. The fourth-order valence-corrected chi connectivity index (χ4v) is 5.78. The van der Waals surface area contributed by atoms with Crippen molar-refractivity contribution in [2.45, 2.75) is 32.7 Å². The third kappa shape index (κ3) is 4.01. The summed E-state index contributed by atoms with van der Waals surface area (Å²) in [5, 5.41) is 11.5. The number of ketones is 1. The van der Waals surface area contributed by atoms with Gasteiger partial charge in [0.1, 0.15) is 5.75 Å². The number of fused-ring (bicyclic) bond motifs is 1. The molecule has 0 saturated heterocycles. The van der Waals surface area contributed by atoms with E-state index in [1.54, 1.807) is 42.0 Å². The molecule has 178 valence electrons. The molecule has 2 heterocycles. The second-order valence-corrected chi connectivity index (χ2v) is 10.5. The van der Waals surface area contributed by atoms with Crippen LogP contribution in [-0.2, 0) is 4.79 Å². The molecule has 5 rings (SSSR count). The van der Waals surface area contributed by atoms with E-state index in [1.165, 1.54) is 23.5 Å². The molecule has 0 N–H and O–H groups in total. The number of ether oxygens (including phenoxy) is 1. The molecule has 0 fully saturated rings. The van der Waals surface area contributed by atoms with Gasteiger partial charge in [0.05, 0.1) is 33.9 Å². The van der Waals surface area contributed by atoms with Crippen LogP contribution in [0.3, 0.4) is 0 Å². The fraction of sp³-hybridized carbons (Fsp3) is 0.269. The van der Waals surface area contributed by atoms with Gasteiger partial charge in [-0.3, -0.25) is 24.3 Å². The highest BCUT2D eigenvalue weighted by molar-refractivity contribution is 7.07. The van der Waals surface area contributed by atoms with Gasteiger partial charge in [0, 0.05) is 18.1 Å². The Balaban J connectivity index is 1.76. The van der Waals surface area contributed by atoms with Gasteiger partial charge < -0.3 is 4.74 Å². The summed E-state index contributed by atoms with van der Waals surface area (Å²) in [5.41, 5.74) is 1.70. The number of nitro benzene ring substituents is 1. The third-order valence-electron chi connectivity index (χ3n) is 6.35. The second-order valence-electron chi connectivity index (χ2n) is 9.47. The van der Waals surface area contributed by atoms with Crippen LogP contribution < -0.4 is 19.6 Å². The lowest BCUT2D eigenvalue weighted by Crippen LogP contribution is -2.42. The summed E-state index contributed by atoms with van der Waals surface area (Å²) < 4.78 is 7.15. The summed E-state index contributed by atoms with van der Waals surface area (Å²) in [6, 6.07) is 13.0. The normalized spacial score (nSPS) is 19.1. The van der Waals surface area contributed by atoms with Gasteiger partial charge in [-0.15, -0.1) is 0 Å². The first-order valence-corrected chi connectivity index (χ1v) is 12.0. The first-order chi connectivity index (χ1) is 16.7. The van der Waals surface area contributed by atoms with E-state index in [1.807, 2.05) is 26.0 Å². The SMILES string of the molecule is COc1ccc(C2C3=C(CC(C)(C)CC3=O)N=c3s/c(=C/c4ccccc4[N+](=O)[O-])c(=O)n32)cc1. The van der Waals surface area contributed by atoms with Crippen molar-refractivity contribution in [2.24, 2.45) is 10.4 Å². The van der Waals surface area contributed by atoms with E-state index in [-0.39, 0.29) is 22.4 Å².